The fourth-order valence-corrected chi connectivity index (χ4v) is 2.22. The molecule has 0 spiro atoms. The molecule has 1 atom stereocenters. The van der Waals surface area contributed by atoms with Gasteiger partial charge in [-0.05, 0) is 17.0 Å². The molecule has 0 amide bonds. The van der Waals surface area contributed by atoms with Gasteiger partial charge in [-0.15, -0.1) is 0 Å². The van der Waals surface area contributed by atoms with Crippen LogP contribution in [0.15, 0.2) is 18.2 Å². The third kappa shape index (κ3) is 3.24. The van der Waals surface area contributed by atoms with Crippen molar-refractivity contribution in [3.05, 3.63) is 29.3 Å². The monoisotopic (exact) mass is 270 g/mol. The van der Waals surface area contributed by atoms with Crippen molar-refractivity contribution >= 4 is 0 Å². The molecule has 1 aromatic carbocycles. The van der Waals surface area contributed by atoms with Crippen LogP contribution in [0.1, 0.15) is 44.7 Å². The molecule has 4 heteroatoms. The number of ether oxygens (including phenoxy) is 2. The van der Waals surface area contributed by atoms with Crippen LogP contribution in [0.2, 0.25) is 0 Å². The largest absolute Gasteiger partial charge is 0.487 e. The molecule has 19 heavy (non-hydrogen) atoms. The van der Waals surface area contributed by atoms with Gasteiger partial charge in [0.25, 0.3) is 6.43 Å². The van der Waals surface area contributed by atoms with Crippen LogP contribution in [0.25, 0.3) is 0 Å². The normalized spacial score (nSPS) is 20.0. The molecule has 2 rings (SSSR count). The van der Waals surface area contributed by atoms with Gasteiger partial charge in [-0.1, -0.05) is 32.9 Å². The Kier molecular flexibility index (Phi) is 4.09. The Morgan fingerprint density at radius 1 is 1.32 bits per heavy atom. The van der Waals surface area contributed by atoms with Crippen molar-refractivity contribution in [3.63, 3.8) is 0 Å². The summed E-state index contributed by atoms with van der Waals surface area (Å²) in [4.78, 5) is 0. The summed E-state index contributed by atoms with van der Waals surface area (Å²) < 4.78 is 37.4. The van der Waals surface area contributed by atoms with Gasteiger partial charge in [0.1, 0.15) is 11.9 Å². The van der Waals surface area contributed by atoms with Gasteiger partial charge >= 0.3 is 0 Å². The Morgan fingerprint density at radius 2 is 2.05 bits per heavy atom. The van der Waals surface area contributed by atoms with Crippen molar-refractivity contribution in [2.75, 3.05) is 13.2 Å². The molecule has 0 N–H and O–H groups in total. The van der Waals surface area contributed by atoms with E-state index >= 15 is 0 Å². The zero-order valence-electron chi connectivity index (χ0n) is 11.6. The molecule has 106 valence electrons. The molecule has 2 nitrogen and oxygen atoms in total. The van der Waals surface area contributed by atoms with Crippen LogP contribution < -0.4 is 4.74 Å². The Labute approximate surface area is 112 Å². The Hall–Kier alpha value is -1.16. The maximum Gasteiger partial charge on any atom is 0.267 e. The quantitative estimate of drug-likeness (QED) is 0.823. The average molecular weight is 270 g/mol. The van der Waals surface area contributed by atoms with Gasteiger partial charge in [-0.3, -0.25) is 0 Å². The summed E-state index contributed by atoms with van der Waals surface area (Å²) >= 11 is 0. The summed E-state index contributed by atoms with van der Waals surface area (Å²) in [5, 5.41) is 0. The molecule has 1 unspecified atom stereocenters. The van der Waals surface area contributed by atoms with E-state index in [0.717, 1.165) is 12.0 Å². The van der Waals surface area contributed by atoms with Gasteiger partial charge in [0, 0.05) is 6.42 Å². The number of halogens is 2. The van der Waals surface area contributed by atoms with E-state index in [4.69, 9.17) is 9.47 Å². The minimum Gasteiger partial charge on any atom is -0.487 e. The molecule has 1 aliphatic heterocycles. The molecular weight excluding hydrogens is 250 g/mol. The molecule has 0 radical (unpaired) electrons. The van der Waals surface area contributed by atoms with E-state index in [-0.39, 0.29) is 17.1 Å². The van der Waals surface area contributed by atoms with Crippen molar-refractivity contribution in [3.8, 4) is 5.75 Å². The van der Waals surface area contributed by atoms with Gasteiger partial charge in [-0.2, -0.15) is 0 Å². The minimum absolute atomic E-state index is 0.0284. The smallest absolute Gasteiger partial charge is 0.267 e. The molecule has 1 fully saturated rings. The molecule has 1 heterocycles. The molecule has 1 aromatic rings. The maximum atomic E-state index is 13.2. The van der Waals surface area contributed by atoms with E-state index in [0.29, 0.717) is 19.0 Å². The lowest BCUT2D eigenvalue weighted by Crippen LogP contribution is -2.21. The summed E-state index contributed by atoms with van der Waals surface area (Å²) in [5.41, 5.74) is 0.552. The van der Waals surface area contributed by atoms with Gasteiger partial charge in [0.15, 0.2) is 0 Å². The Morgan fingerprint density at radius 3 is 2.58 bits per heavy atom. The highest BCUT2D eigenvalue weighted by Crippen LogP contribution is 2.39. The highest BCUT2D eigenvalue weighted by atomic mass is 19.3. The first-order valence-electron chi connectivity index (χ1n) is 6.55. The molecule has 0 aromatic heterocycles. The fraction of sp³-hybridized carbons (Fsp3) is 0.600. The van der Waals surface area contributed by atoms with Gasteiger partial charge < -0.3 is 9.47 Å². The lowest BCUT2D eigenvalue weighted by atomic mass is 9.85. The summed E-state index contributed by atoms with van der Waals surface area (Å²) in [6, 6.07) is 4.96. The predicted octanol–water partition coefficient (Wildman–Crippen LogP) is 4.09. The second-order valence-corrected chi connectivity index (χ2v) is 5.88. The van der Waals surface area contributed by atoms with Crippen molar-refractivity contribution in [1.82, 2.24) is 0 Å². The Bertz CT molecular complexity index is 432. The summed E-state index contributed by atoms with van der Waals surface area (Å²) in [7, 11) is 0. The third-order valence-electron chi connectivity index (χ3n) is 3.26. The van der Waals surface area contributed by atoms with Crippen molar-refractivity contribution < 1.29 is 18.3 Å². The van der Waals surface area contributed by atoms with Crippen LogP contribution in [0.4, 0.5) is 8.78 Å². The SMILES string of the molecule is CC(C)(C)c1cccc(C(F)F)c1OC1CCOC1. The van der Waals surface area contributed by atoms with Gasteiger partial charge in [0.2, 0.25) is 0 Å². The van der Waals surface area contributed by atoms with E-state index in [1.165, 1.54) is 6.07 Å². The highest BCUT2D eigenvalue weighted by Gasteiger charge is 2.27. The highest BCUT2D eigenvalue weighted by molar-refractivity contribution is 5.46. The number of benzene rings is 1. The van der Waals surface area contributed by atoms with E-state index in [2.05, 4.69) is 0 Å². The second-order valence-electron chi connectivity index (χ2n) is 5.88. The van der Waals surface area contributed by atoms with Crippen LogP contribution in [-0.2, 0) is 10.2 Å². The predicted molar refractivity (Wildman–Crippen MR) is 70.0 cm³/mol. The topological polar surface area (TPSA) is 18.5 Å². The lowest BCUT2D eigenvalue weighted by molar-refractivity contribution is 0.122. The number of rotatable bonds is 3. The van der Waals surface area contributed by atoms with Gasteiger partial charge in [-0.25, -0.2) is 8.78 Å². The molecule has 0 bridgehead atoms. The number of hydrogen-bond acceptors (Lipinski definition) is 2. The third-order valence-corrected chi connectivity index (χ3v) is 3.26. The zero-order valence-corrected chi connectivity index (χ0v) is 11.6. The molecule has 1 aliphatic rings. The van der Waals surface area contributed by atoms with Crippen molar-refractivity contribution in [2.45, 2.75) is 45.1 Å². The number of hydrogen-bond donors (Lipinski definition) is 0. The second kappa shape index (κ2) is 5.45. The van der Waals surface area contributed by atoms with E-state index < -0.39 is 6.43 Å². The van der Waals surface area contributed by atoms with Crippen molar-refractivity contribution in [2.24, 2.45) is 0 Å². The van der Waals surface area contributed by atoms with Crippen LogP contribution in [0.3, 0.4) is 0 Å². The summed E-state index contributed by atoms with van der Waals surface area (Å²) in [5.74, 6) is 0.334. The first-order valence-corrected chi connectivity index (χ1v) is 6.55. The fourth-order valence-electron chi connectivity index (χ4n) is 2.22. The van der Waals surface area contributed by atoms with Crippen LogP contribution in [-0.4, -0.2) is 19.3 Å². The van der Waals surface area contributed by atoms with E-state index in [9.17, 15) is 8.78 Å². The number of alkyl halides is 2. The Balaban J connectivity index is 2.40. The standard InChI is InChI=1S/C15H20F2O2/c1-15(2,3)12-6-4-5-11(14(16)17)13(12)19-10-7-8-18-9-10/h4-6,10,14H,7-9H2,1-3H3. The summed E-state index contributed by atoms with van der Waals surface area (Å²) in [6.45, 7) is 7.09. The first-order chi connectivity index (χ1) is 8.89. The minimum atomic E-state index is -2.53. The van der Waals surface area contributed by atoms with Crippen LogP contribution in [0, 0.1) is 0 Å². The number of para-hydroxylation sites is 1. The van der Waals surface area contributed by atoms with E-state index in [1.807, 2.05) is 26.8 Å². The summed E-state index contributed by atoms with van der Waals surface area (Å²) in [6.07, 6.45) is -1.90. The molecule has 0 aliphatic carbocycles. The molecule has 1 saturated heterocycles. The first kappa shape index (κ1) is 14.3. The van der Waals surface area contributed by atoms with Crippen molar-refractivity contribution in [1.29, 1.82) is 0 Å². The molecule has 0 saturated carbocycles. The lowest BCUT2D eigenvalue weighted by Gasteiger charge is -2.26. The van der Waals surface area contributed by atoms with Gasteiger partial charge in [0.05, 0.1) is 18.8 Å². The zero-order chi connectivity index (χ0) is 14.0. The molecular formula is C15H20F2O2. The van der Waals surface area contributed by atoms with Crippen LogP contribution in [0.5, 0.6) is 5.75 Å². The van der Waals surface area contributed by atoms with Crippen LogP contribution >= 0.6 is 0 Å². The van der Waals surface area contributed by atoms with E-state index in [1.54, 1.807) is 6.07 Å². The average Bonchev–Trinajstić information content (AvgIpc) is 2.80. The maximum absolute atomic E-state index is 13.2.